The molecule has 0 bridgehead atoms. The predicted molar refractivity (Wildman–Crippen MR) is 85.6 cm³/mol. The van der Waals surface area contributed by atoms with Crippen molar-refractivity contribution in [1.82, 2.24) is 10.1 Å². The quantitative estimate of drug-likeness (QED) is 0.752. The van der Waals surface area contributed by atoms with Gasteiger partial charge in [0.2, 0.25) is 5.91 Å². The second-order valence-electron chi connectivity index (χ2n) is 5.12. The van der Waals surface area contributed by atoms with E-state index in [1.807, 2.05) is 43.5 Å². The Balaban J connectivity index is 2.08. The normalized spacial score (nSPS) is 10.5. The fraction of sp³-hybridized carbons (Fsp3) is 0.176. The van der Waals surface area contributed by atoms with Crippen LogP contribution in [0.5, 0.6) is 0 Å². The number of carbonyl (C=O) groups excluding carboxylic acids is 1. The number of nitriles is 1. The summed E-state index contributed by atoms with van der Waals surface area (Å²) in [7, 11) is 0. The van der Waals surface area contributed by atoms with Crippen molar-refractivity contribution in [3.8, 4) is 17.3 Å². The number of carbonyl (C=O) groups is 1. The fourth-order valence-electron chi connectivity index (χ4n) is 2.58. The zero-order valence-corrected chi connectivity index (χ0v) is 12.9. The molecule has 6 heteroatoms. The highest BCUT2D eigenvalue weighted by atomic mass is 16.2. The monoisotopic (exact) mass is 306 g/mol. The van der Waals surface area contributed by atoms with Crippen molar-refractivity contribution in [3.05, 3.63) is 48.3 Å². The van der Waals surface area contributed by atoms with Crippen molar-refractivity contribution >= 4 is 17.2 Å². The first kappa shape index (κ1) is 14.7. The number of hydrogen-bond donors (Lipinski definition) is 1. The van der Waals surface area contributed by atoms with Crippen LogP contribution in [-0.2, 0) is 4.79 Å². The van der Waals surface area contributed by atoms with Gasteiger partial charge in [-0.25, -0.2) is 5.10 Å². The summed E-state index contributed by atoms with van der Waals surface area (Å²) in [5.74, 6) is 0.000943. The molecule has 2 aromatic heterocycles. The van der Waals surface area contributed by atoms with E-state index in [4.69, 9.17) is 5.26 Å². The zero-order chi connectivity index (χ0) is 16.4. The molecule has 0 aliphatic carbocycles. The molecule has 0 spiro atoms. The van der Waals surface area contributed by atoms with E-state index in [1.54, 1.807) is 22.5 Å². The molecule has 0 aliphatic heterocycles. The largest absolute Gasteiger partial charge is 0.366 e. The Morgan fingerprint density at radius 1 is 1.43 bits per heavy atom. The highest BCUT2D eigenvalue weighted by molar-refractivity contribution is 5.92. The number of rotatable bonds is 3. The highest BCUT2D eigenvalue weighted by Gasteiger charge is 2.17. The number of H-pyrrole nitrogens is 1. The Morgan fingerprint density at radius 3 is 2.96 bits per heavy atom. The fourth-order valence-corrected chi connectivity index (χ4v) is 2.58. The molecule has 1 aromatic carbocycles. The van der Waals surface area contributed by atoms with Gasteiger partial charge in [-0.1, -0.05) is 12.1 Å². The summed E-state index contributed by atoms with van der Waals surface area (Å²) in [6.07, 6.45) is 3.45. The maximum Gasteiger partial charge on any atom is 0.366 e. The van der Waals surface area contributed by atoms with Crippen molar-refractivity contribution < 1.29 is 9.31 Å². The molecule has 1 N–H and O–H groups in total. The predicted octanol–water partition coefficient (Wildman–Crippen LogP) is 2.06. The topological polar surface area (TPSA) is 76.9 Å². The van der Waals surface area contributed by atoms with Gasteiger partial charge in [-0.05, 0) is 24.0 Å². The van der Waals surface area contributed by atoms with Crippen molar-refractivity contribution in [1.29, 1.82) is 5.26 Å². The van der Waals surface area contributed by atoms with Crippen LogP contribution in [0.1, 0.15) is 19.4 Å². The van der Waals surface area contributed by atoms with Crippen LogP contribution in [0.2, 0.25) is 0 Å². The molecule has 2 heterocycles. The number of benzene rings is 1. The van der Waals surface area contributed by atoms with Crippen LogP contribution >= 0.6 is 0 Å². The third kappa shape index (κ3) is 2.64. The van der Waals surface area contributed by atoms with Gasteiger partial charge in [0.25, 0.3) is 0 Å². The number of hydrogen-bond acceptors (Lipinski definition) is 3. The summed E-state index contributed by atoms with van der Waals surface area (Å²) in [6, 6.07) is 11.7. The molecule has 1 amide bonds. The minimum Gasteiger partial charge on any atom is -0.313 e. The number of fused-ring (bicyclic) bond motifs is 1. The van der Waals surface area contributed by atoms with E-state index in [9.17, 15) is 4.79 Å². The minimum absolute atomic E-state index is 0.000943. The Labute approximate surface area is 133 Å². The van der Waals surface area contributed by atoms with E-state index < -0.39 is 0 Å². The van der Waals surface area contributed by atoms with Crippen molar-refractivity contribution in [2.24, 2.45) is 0 Å². The van der Waals surface area contributed by atoms with Crippen LogP contribution in [0.25, 0.3) is 16.9 Å². The Hall–Kier alpha value is -3.20. The van der Waals surface area contributed by atoms with Crippen molar-refractivity contribution in [2.45, 2.75) is 13.8 Å². The second-order valence-corrected chi connectivity index (χ2v) is 5.12. The number of nitrogens with one attached hydrogen (secondary N) is 1. The molecule has 0 fully saturated rings. The number of nitrogens with zero attached hydrogens (tertiary/aromatic N) is 4. The van der Waals surface area contributed by atoms with Gasteiger partial charge in [-0.15, -0.1) is 4.52 Å². The maximum absolute atomic E-state index is 11.7. The van der Waals surface area contributed by atoms with E-state index in [0.29, 0.717) is 17.8 Å². The van der Waals surface area contributed by atoms with Crippen LogP contribution in [-0.4, -0.2) is 22.5 Å². The molecule has 3 rings (SSSR count). The summed E-state index contributed by atoms with van der Waals surface area (Å²) in [6.45, 7) is 4.10. The van der Waals surface area contributed by atoms with E-state index >= 15 is 0 Å². The highest BCUT2D eigenvalue weighted by Crippen LogP contribution is 2.23. The van der Waals surface area contributed by atoms with Gasteiger partial charge in [-0.2, -0.15) is 5.26 Å². The molecule has 114 valence electrons. The van der Waals surface area contributed by atoms with Crippen LogP contribution in [0.3, 0.4) is 0 Å². The standard InChI is InChI=1S/C17H15N5O/c1-3-21(12(2)23)15-6-4-5-13(9-15)16-7-8-22-17(20-16)14(10-18)11-19-22/h4-9,11H,3H2,1-2H3/p+1. The molecular weight excluding hydrogens is 290 g/mol. The third-order valence-electron chi connectivity index (χ3n) is 3.70. The number of amides is 1. The summed E-state index contributed by atoms with van der Waals surface area (Å²) in [4.78, 5) is 18.0. The molecule has 23 heavy (non-hydrogen) atoms. The van der Waals surface area contributed by atoms with Gasteiger partial charge in [0.15, 0.2) is 11.3 Å². The zero-order valence-electron chi connectivity index (χ0n) is 12.9. The van der Waals surface area contributed by atoms with Crippen molar-refractivity contribution in [2.75, 3.05) is 11.4 Å². The first-order chi connectivity index (χ1) is 11.1. The molecule has 0 atom stereocenters. The Morgan fingerprint density at radius 2 is 2.26 bits per heavy atom. The Kier molecular flexibility index (Phi) is 3.77. The summed E-state index contributed by atoms with van der Waals surface area (Å²) < 4.78 is 1.69. The molecule has 0 unspecified atom stereocenters. The SMILES string of the molecule is CCN(C(C)=O)c1cccc(-c2cc[n+]3[nH]cc(C#N)c3n2)c1. The average molecular weight is 306 g/mol. The lowest BCUT2D eigenvalue weighted by molar-refractivity contribution is -0.578. The molecule has 0 saturated carbocycles. The molecule has 6 nitrogen and oxygen atoms in total. The van der Waals surface area contributed by atoms with E-state index in [-0.39, 0.29) is 5.91 Å². The molecular formula is C17H16N5O+. The number of aromatic amines is 1. The molecule has 3 aromatic rings. The smallest absolute Gasteiger partial charge is 0.313 e. The molecule has 0 aliphatic rings. The number of anilines is 1. The summed E-state index contributed by atoms with van der Waals surface area (Å²) in [5.41, 5.74) is 3.55. The van der Waals surface area contributed by atoms with Gasteiger partial charge in [0.1, 0.15) is 12.3 Å². The lowest BCUT2D eigenvalue weighted by Crippen LogP contribution is -2.27. The molecule has 0 radical (unpaired) electrons. The van der Waals surface area contributed by atoms with Crippen molar-refractivity contribution in [3.63, 3.8) is 0 Å². The first-order valence-corrected chi connectivity index (χ1v) is 7.32. The van der Waals surface area contributed by atoms with Gasteiger partial charge >= 0.3 is 5.65 Å². The lowest BCUT2D eigenvalue weighted by Gasteiger charge is -2.19. The Bertz CT molecular complexity index is 922. The average Bonchev–Trinajstić information content (AvgIpc) is 2.97. The van der Waals surface area contributed by atoms with E-state index in [0.717, 1.165) is 16.9 Å². The molecule has 0 saturated heterocycles. The number of aromatic nitrogens is 3. The van der Waals surface area contributed by atoms with Crippen LogP contribution < -0.4 is 9.42 Å². The second kappa shape index (κ2) is 5.89. The maximum atomic E-state index is 11.7. The van der Waals surface area contributed by atoms with Crippen LogP contribution in [0.4, 0.5) is 5.69 Å². The first-order valence-electron chi connectivity index (χ1n) is 7.32. The summed E-state index contributed by atoms with van der Waals surface area (Å²) >= 11 is 0. The summed E-state index contributed by atoms with van der Waals surface area (Å²) in [5, 5.41) is 12.1. The minimum atomic E-state index is 0.000943. The van der Waals surface area contributed by atoms with Gasteiger partial charge < -0.3 is 4.90 Å². The van der Waals surface area contributed by atoms with Gasteiger partial charge in [0.05, 0.1) is 6.20 Å². The van der Waals surface area contributed by atoms with E-state index in [2.05, 4.69) is 16.2 Å². The third-order valence-corrected chi connectivity index (χ3v) is 3.70. The van der Waals surface area contributed by atoms with Crippen LogP contribution in [0, 0.1) is 11.3 Å². The van der Waals surface area contributed by atoms with E-state index in [1.165, 1.54) is 0 Å². The van der Waals surface area contributed by atoms with Gasteiger partial charge in [0, 0.05) is 30.8 Å². The lowest BCUT2D eigenvalue weighted by atomic mass is 10.1. The van der Waals surface area contributed by atoms with Gasteiger partial charge in [-0.3, -0.25) is 4.79 Å². The van der Waals surface area contributed by atoms with Crippen LogP contribution in [0.15, 0.2) is 42.7 Å².